The number of hydrogen-bond donors (Lipinski definition) is 0. The predicted octanol–water partition coefficient (Wildman–Crippen LogP) is 2.59. The molecule has 2 saturated heterocycles. The summed E-state index contributed by atoms with van der Waals surface area (Å²) in [6, 6.07) is 8.30. The number of pyridine rings is 2. The molecule has 0 bridgehead atoms. The van der Waals surface area contributed by atoms with Gasteiger partial charge in [0.25, 0.3) is 0 Å². The number of aromatic nitrogens is 2. The second kappa shape index (κ2) is 7.82. The van der Waals surface area contributed by atoms with E-state index in [1.165, 1.54) is 24.0 Å². The second-order valence-electron chi connectivity index (χ2n) is 7.96. The molecular formula is C21H28N4O. The first-order chi connectivity index (χ1) is 12.7. The molecule has 1 spiro atoms. The van der Waals surface area contributed by atoms with Crippen LogP contribution < -0.4 is 0 Å². The Morgan fingerprint density at radius 1 is 1.15 bits per heavy atom. The minimum atomic E-state index is 0.112. The van der Waals surface area contributed by atoms with Gasteiger partial charge in [-0.3, -0.25) is 14.9 Å². The molecule has 0 unspecified atom stereocenters. The van der Waals surface area contributed by atoms with Gasteiger partial charge in [-0.05, 0) is 49.1 Å². The zero-order valence-electron chi connectivity index (χ0n) is 15.6. The Hall–Kier alpha value is -1.82. The monoisotopic (exact) mass is 352 g/mol. The van der Waals surface area contributed by atoms with Crippen LogP contribution in [-0.2, 0) is 17.8 Å². The zero-order chi connectivity index (χ0) is 17.8. The minimum absolute atomic E-state index is 0.112. The number of rotatable bonds is 6. The molecule has 0 N–H and O–H groups in total. The van der Waals surface area contributed by atoms with E-state index in [4.69, 9.17) is 4.74 Å². The van der Waals surface area contributed by atoms with E-state index in [0.29, 0.717) is 5.92 Å². The average molecular weight is 352 g/mol. The molecule has 2 aromatic rings. The summed E-state index contributed by atoms with van der Waals surface area (Å²) in [5.74, 6) is 0.634. The van der Waals surface area contributed by atoms with Crippen LogP contribution in [0.5, 0.6) is 0 Å². The first kappa shape index (κ1) is 17.6. The summed E-state index contributed by atoms with van der Waals surface area (Å²) in [5, 5.41) is 0. The molecule has 2 aromatic heterocycles. The Bertz CT molecular complexity index is 678. The summed E-state index contributed by atoms with van der Waals surface area (Å²) >= 11 is 0. The van der Waals surface area contributed by atoms with Crippen molar-refractivity contribution in [2.24, 2.45) is 5.92 Å². The van der Waals surface area contributed by atoms with Gasteiger partial charge in [0, 0.05) is 57.5 Å². The van der Waals surface area contributed by atoms with Crippen LogP contribution in [0.3, 0.4) is 0 Å². The normalized spacial score (nSPS) is 22.5. The van der Waals surface area contributed by atoms with Gasteiger partial charge in [-0.25, -0.2) is 0 Å². The van der Waals surface area contributed by atoms with Gasteiger partial charge in [-0.2, -0.15) is 0 Å². The summed E-state index contributed by atoms with van der Waals surface area (Å²) in [4.78, 5) is 13.3. The molecule has 1 atom stereocenters. The Balaban J connectivity index is 1.19. The maximum atomic E-state index is 6.34. The quantitative estimate of drug-likeness (QED) is 0.799. The van der Waals surface area contributed by atoms with Crippen LogP contribution in [0.15, 0.2) is 49.1 Å². The first-order valence-corrected chi connectivity index (χ1v) is 9.53. The van der Waals surface area contributed by atoms with E-state index in [1.807, 2.05) is 36.9 Å². The lowest BCUT2D eigenvalue weighted by Gasteiger charge is -2.53. The molecule has 26 heavy (non-hydrogen) atoms. The SMILES string of the molecule is CN(Cc1cccnc1)C[C@H]1CCC2(CN(Cc3cccnc3)C2)OC1. The third-order valence-corrected chi connectivity index (χ3v) is 5.53. The average Bonchev–Trinajstić information content (AvgIpc) is 2.64. The Kier molecular flexibility index (Phi) is 5.29. The molecule has 5 heteroatoms. The topological polar surface area (TPSA) is 41.5 Å². The van der Waals surface area contributed by atoms with Crippen LogP contribution in [-0.4, -0.2) is 58.7 Å². The van der Waals surface area contributed by atoms with Gasteiger partial charge in [0.2, 0.25) is 0 Å². The van der Waals surface area contributed by atoms with Crippen LogP contribution in [0.4, 0.5) is 0 Å². The molecule has 0 aliphatic carbocycles. The second-order valence-corrected chi connectivity index (χ2v) is 7.96. The molecule has 4 heterocycles. The summed E-state index contributed by atoms with van der Waals surface area (Å²) in [6.07, 6.45) is 10.0. The lowest BCUT2D eigenvalue weighted by atomic mass is 9.82. The van der Waals surface area contributed by atoms with Crippen LogP contribution in [0, 0.1) is 5.92 Å². The van der Waals surface area contributed by atoms with E-state index in [0.717, 1.165) is 39.3 Å². The van der Waals surface area contributed by atoms with Gasteiger partial charge in [-0.15, -0.1) is 0 Å². The smallest absolute Gasteiger partial charge is 0.0935 e. The minimum Gasteiger partial charge on any atom is -0.372 e. The van der Waals surface area contributed by atoms with E-state index in [2.05, 4.69) is 38.9 Å². The summed E-state index contributed by atoms with van der Waals surface area (Å²) < 4.78 is 6.34. The van der Waals surface area contributed by atoms with Crippen molar-refractivity contribution in [3.63, 3.8) is 0 Å². The fourth-order valence-corrected chi connectivity index (χ4v) is 4.25. The highest BCUT2D eigenvalue weighted by molar-refractivity contribution is 5.11. The van der Waals surface area contributed by atoms with Crippen LogP contribution in [0.25, 0.3) is 0 Å². The number of nitrogens with zero attached hydrogens (tertiary/aromatic N) is 4. The van der Waals surface area contributed by atoms with Gasteiger partial charge in [0.15, 0.2) is 0 Å². The van der Waals surface area contributed by atoms with Crippen molar-refractivity contribution < 1.29 is 4.74 Å². The van der Waals surface area contributed by atoms with Crippen molar-refractivity contribution in [1.29, 1.82) is 0 Å². The maximum absolute atomic E-state index is 6.34. The van der Waals surface area contributed by atoms with E-state index in [9.17, 15) is 0 Å². The lowest BCUT2D eigenvalue weighted by Crippen LogP contribution is -2.64. The van der Waals surface area contributed by atoms with Gasteiger partial charge >= 0.3 is 0 Å². The van der Waals surface area contributed by atoms with Crippen molar-refractivity contribution in [3.05, 3.63) is 60.2 Å². The highest BCUT2D eigenvalue weighted by atomic mass is 16.5. The Labute approximate surface area is 156 Å². The van der Waals surface area contributed by atoms with E-state index >= 15 is 0 Å². The van der Waals surface area contributed by atoms with E-state index in [1.54, 1.807) is 0 Å². The van der Waals surface area contributed by atoms with E-state index in [-0.39, 0.29) is 5.60 Å². The predicted molar refractivity (Wildman–Crippen MR) is 101 cm³/mol. The standard InChI is InChI=1S/C21H28N4O/c1-24(12-18-4-2-8-22-10-18)13-20-6-7-21(26-15-20)16-25(17-21)14-19-5-3-9-23-11-19/h2-5,8-11,20H,6-7,12-17H2,1H3/t20-/m1/s1. The van der Waals surface area contributed by atoms with Crippen molar-refractivity contribution in [2.75, 3.05) is 33.3 Å². The van der Waals surface area contributed by atoms with Gasteiger partial charge in [-0.1, -0.05) is 12.1 Å². The molecule has 5 nitrogen and oxygen atoms in total. The molecule has 0 aromatic carbocycles. The summed E-state index contributed by atoms with van der Waals surface area (Å²) in [6.45, 7) is 6.02. The fourth-order valence-electron chi connectivity index (χ4n) is 4.25. The first-order valence-electron chi connectivity index (χ1n) is 9.53. The molecular weight excluding hydrogens is 324 g/mol. The summed E-state index contributed by atoms with van der Waals surface area (Å²) in [7, 11) is 2.19. The van der Waals surface area contributed by atoms with Gasteiger partial charge < -0.3 is 9.64 Å². The van der Waals surface area contributed by atoms with Gasteiger partial charge in [0.05, 0.1) is 12.2 Å². The molecule has 2 aliphatic rings. The zero-order valence-corrected chi connectivity index (χ0v) is 15.6. The molecule has 0 saturated carbocycles. The van der Waals surface area contributed by atoms with Crippen molar-refractivity contribution >= 4 is 0 Å². The fraction of sp³-hybridized carbons (Fsp3) is 0.524. The van der Waals surface area contributed by atoms with Crippen molar-refractivity contribution in [3.8, 4) is 0 Å². The Morgan fingerprint density at radius 2 is 1.88 bits per heavy atom. The largest absolute Gasteiger partial charge is 0.372 e. The highest BCUT2D eigenvalue weighted by Gasteiger charge is 2.46. The van der Waals surface area contributed by atoms with Crippen LogP contribution in [0.1, 0.15) is 24.0 Å². The summed E-state index contributed by atoms with van der Waals surface area (Å²) in [5.41, 5.74) is 2.67. The van der Waals surface area contributed by atoms with E-state index < -0.39 is 0 Å². The lowest BCUT2D eigenvalue weighted by molar-refractivity contribution is -0.183. The molecule has 0 radical (unpaired) electrons. The Morgan fingerprint density at radius 3 is 2.50 bits per heavy atom. The number of hydrogen-bond acceptors (Lipinski definition) is 5. The molecule has 0 amide bonds. The molecule has 138 valence electrons. The van der Waals surface area contributed by atoms with Crippen molar-refractivity contribution in [1.82, 2.24) is 19.8 Å². The third kappa shape index (κ3) is 4.29. The maximum Gasteiger partial charge on any atom is 0.0935 e. The third-order valence-electron chi connectivity index (χ3n) is 5.53. The van der Waals surface area contributed by atoms with Crippen molar-refractivity contribution in [2.45, 2.75) is 31.5 Å². The molecule has 4 rings (SSSR count). The molecule has 2 fully saturated rings. The van der Waals surface area contributed by atoms with Crippen LogP contribution in [0.2, 0.25) is 0 Å². The molecule has 2 aliphatic heterocycles. The highest BCUT2D eigenvalue weighted by Crippen LogP contribution is 2.36. The number of ether oxygens (including phenoxy) is 1. The van der Waals surface area contributed by atoms with Crippen LogP contribution >= 0.6 is 0 Å². The van der Waals surface area contributed by atoms with Gasteiger partial charge in [0.1, 0.15) is 0 Å². The number of likely N-dealkylation sites (tertiary alicyclic amines) is 1.